The molecule has 3 nitrogen and oxygen atoms in total. The van der Waals surface area contributed by atoms with Gasteiger partial charge in [-0.15, -0.1) is 0 Å². The molecule has 0 radical (unpaired) electrons. The van der Waals surface area contributed by atoms with Gasteiger partial charge in [-0.05, 0) is 38.0 Å². The highest BCUT2D eigenvalue weighted by atomic mass is 16.6. The second-order valence-electron chi connectivity index (χ2n) is 5.68. The minimum atomic E-state index is -0.185. The van der Waals surface area contributed by atoms with Crippen LogP contribution in [0.5, 0.6) is 0 Å². The van der Waals surface area contributed by atoms with Crippen molar-refractivity contribution in [2.75, 3.05) is 0 Å². The fraction of sp³-hybridized carbons (Fsp3) is 0.929. The van der Waals surface area contributed by atoms with Crippen LogP contribution in [0.2, 0.25) is 0 Å². The Morgan fingerprint density at radius 2 is 1.65 bits per heavy atom. The molecule has 0 spiro atoms. The second kappa shape index (κ2) is 6.27. The fourth-order valence-electron chi connectivity index (χ4n) is 3.04. The summed E-state index contributed by atoms with van der Waals surface area (Å²) in [4.78, 5) is 11.8. The van der Waals surface area contributed by atoms with Gasteiger partial charge in [0.05, 0.1) is 0 Å². The first-order valence-electron chi connectivity index (χ1n) is 7.23. The SMILES string of the molecule is CC1CCCCC1OC(=O)NC1CCCCC1. The number of amides is 1. The van der Waals surface area contributed by atoms with Crippen LogP contribution in [0.3, 0.4) is 0 Å². The summed E-state index contributed by atoms with van der Waals surface area (Å²) in [5.41, 5.74) is 0. The van der Waals surface area contributed by atoms with Crippen LogP contribution in [0, 0.1) is 5.92 Å². The van der Waals surface area contributed by atoms with Crippen LogP contribution in [0.4, 0.5) is 4.79 Å². The van der Waals surface area contributed by atoms with Crippen molar-refractivity contribution in [3.8, 4) is 0 Å². The van der Waals surface area contributed by atoms with Gasteiger partial charge in [-0.2, -0.15) is 0 Å². The summed E-state index contributed by atoms with van der Waals surface area (Å²) in [5.74, 6) is 0.529. The van der Waals surface area contributed by atoms with E-state index in [1.54, 1.807) is 0 Å². The van der Waals surface area contributed by atoms with Crippen molar-refractivity contribution in [1.82, 2.24) is 5.32 Å². The maximum atomic E-state index is 11.8. The summed E-state index contributed by atoms with van der Waals surface area (Å²) in [6.45, 7) is 2.19. The Bertz CT molecular complexity index is 249. The summed E-state index contributed by atoms with van der Waals surface area (Å²) in [6.07, 6.45) is 10.7. The molecule has 2 saturated carbocycles. The molecule has 0 bridgehead atoms. The standard InChI is InChI=1S/C14H25NO2/c1-11-7-5-6-10-13(11)17-14(16)15-12-8-3-2-4-9-12/h11-13H,2-10H2,1H3,(H,15,16). The highest BCUT2D eigenvalue weighted by molar-refractivity contribution is 5.67. The minimum absolute atomic E-state index is 0.146. The summed E-state index contributed by atoms with van der Waals surface area (Å²) in [6, 6.07) is 0.357. The lowest BCUT2D eigenvalue weighted by atomic mass is 9.88. The lowest BCUT2D eigenvalue weighted by Gasteiger charge is -2.30. The Morgan fingerprint density at radius 3 is 2.35 bits per heavy atom. The summed E-state index contributed by atoms with van der Waals surface area (Å²) >= 11 is 0. The van der Waals surface area contributed by atoms with Gasteiger partial charge in [-0.3, -0.25) is 0 Å². The largest absolute Gasteiger partial charge is 0.446 e. The van der Waals surface area contributed by atoms with E-state index in [1.165, 1.54) is 38.5 Å². The van der Waals surface area contributed by atoms with Crippen LogP contribution in [0.15, 0.2) is 0 Å². The number of nitrogens with one attached hydrogen (secondary N) is 1. The molecule has 0 aromatic rings. The molecule has 98 valence electrons. The average molecular weight is 239 g/mol. The maximum Gasteiger partial charge on any atom is 0.407 e. The van der Waals surface area contributed by atoms with Crippen molar-refractivity contribution >= 4 is 6.09 Å². The van der Waals surface area contributed by atoms with Gasteiger partial charge < -0.3 is 10.1 Å². The minimum Gasteiger partial charge on any atom is -0.446 e. The zero-order valence-corrected chi connectivity index (χ0v) is 10.9. The fourth-order valence-corrected chi connectivity index (χ4v) is 3.04. The molecule has 2 aliphatic carbocycles. The molecule has 2 fully saturated rings. The van der Waals surface area contributed by atoms with Gasteiger partial charge in [0.25, 0.3) is 0 Å². The third kappa shape index (κ3) is 3.90. The second-order valence-corrected chi connectivity index (χ2v) is 5.68. The number of carbonyl (C=O) groups is 1. The Hall–Kier alpha value is -0.730. The Labute approximate surface area is 104 Å². The van der Waals surface area contributed by atoms with Gasteiger partial charge in [-0.25, -0.2) is 4.79 Å². The molecule has 2 aliphatic rings. The third-order valence-corrected chi connectivity index (χ3v) is 4.22. The molecular weight excluding hydrogens is 214 g/mol. The van der Waals surface area contributed by atoms with E-state index in [-0.39, 0.29) is 12.2 Å². The summed E-state index contributed by atoms with van der Waals surface area (Å²) in [5, 5.41) is 3.03. The first-order valence-corrected chi connectivity index (χ1v) is 7.23. The number of hydrogen-bond donors (Lipinski definition) is 1. The van der Waals surface area contributed by atoms with Crippen LogP contribution in [0.1, 0.15) is 64.7 Å². The molecule has 0 aromatic heterocycles. The van der Waals surface area contributed by atoms with E-state index < -0.39 is 0 Å². The quantitative estimate of drug-likeness (QED) is 0.799. The van der Waals surface area contributed by atoms with E-state index in [1.807, 2.05) is 0 Å². The molecule has 2 atom stereocenters. The third-order valence-electron chi connectivity index (χ3n) is 4.22. The van der Waals surface area contributed by atoms with E-state index in [2.05, 4.69) is 12.2 Å². The van der Waals surface area contributed by atoms with Crippen molar-refractivity contribution in [3.63, 3.8) is 0 Å². The molecule has 0 saturated heterocycles. The van der Waals surface area contributed by atoms with Crippen molar-refractivity contribution in [2.24, 2.45) is 5.92 Å². The predicted octanol–water partition coefficient (Wildman–Crippen LogP) is 3.62. The molecule has 1 amide bonds. The van der Waals surface area contributed by atoms with Crippen LogP contribution in [0.25, 0.3) is 0 Å². The van der Waals surface area contributed by atoms with Crippen LogP contribution in [-0.4, -0.2) is 18.2 Å². The van der Waals surface area contributed by atoms with Crippen LogP contribution in [-0.2, 0) is 4.74 Å². The van der Waals surface area contributed by atoms with Crippen molar-refractivity contribution in [1.29, 1.82) is 0 Å². The zero-order valence-electron chi connectivity index (χ0n) is 10.9. The van der Waals surface area contributed by atoms with Gasteiger partial charge in [0, 0.05) is 6.04 Å². The zero-order chi connectivity index (χ0) is 12.1. The highest BCUT2D eigenvalue weighted by Crippen LogP contribution is 2.26. The smallest absolute Gasteiger partial charge is 0.407 e. The molecule has 2 unspecified atom stereocenters. The van der Waals surface area contributed by atoms with Crippen molar-refractivity contribution in [2.45, 2.75) is 76.9 Å². The first kappa shape index (κ1) is 12.7. The molecular formula is C14H25NO2. The summed E-state index contributed by atoms with van der Waals surface area (Å²) in [7, 11) is 0. The number of alkyl carbamates (subject to hydrolysis) is 1. The van der Waals surface area contributed by atoms with E-state index in [0.29, 0.717) is 12.0 Å². The molecule has 1 N–H and O–H groups in total. The van der Waals surface area contributed by atoms with Crippen molar-refractivity contribution < 1.29 is 9.53 Å². The average Bonchev–Trinajstić information content (AvgIpc) is 2.33. The van der Waals surface area contributed by atoms with E-state index in [4.69, 9.17) is 4.74 Å². The number of rotatable bonds is 2. The monoisotopic (exact) mass is 239 g/mol. The van der Waals surface area contributed by atoms with E-state index in [9.17, 15) is 4.79 Å². The summed E-state index contributed by atoms with van der Waals surface area (Å²) < 4.78 is 5.56. The van der Waals surface area contributed by atoms with Gasteiger partial charge in [0.15, 0.2) is 0 Å². The number of carbonyl (C=O) groups excluding carboxylic acids is 1. The molecule has 0 aliphatic heterocycles. The van der Waals surface area contributed by atoms with Gasteiger partial charge in [0.1, 0.15) is 6.10 Å². The van der Waals surface area contributed by atoms with E-state index >= 15 is 0 Å². The Morgan fingerprint density at radius 1 is 1.00 bits per heavy atom. The van der Waals surface area contributed by atoms with Gasteiger partial charge >= 0.3 is 6.09 Å². The lowest BCUT2D eigenvalue weighted by Crippen LogP contribution is -2.40. The molecule has 3 heteroatoms. The maximum absolute atomic E-state index is 11.8. The highest BCUT2D eigenvalue weighted by Gasteiger charge is 2.25. The van der Waals surface area contributed by atoms with Crippen LogP contribution < -0.4 is 5.32 Å². The normalized spacial score (nSPS) is 30.9. The topological polar surface area (TPSA) is 38.3 Å². The Kier molecular flexibility index (Phi) is 4.69. The first-order chi connectivity index (χ1) is 8.25. The molecule has 17 heavy (non-hydrogen) atoms. The van der Waals surface area contributed by atoms with Crippen molar-refractivity contribution in [3.05, 3.63) is 0 Å². The molecule has 0 heterocycles. The predicted molar refractivity (Wildman–Crippen MR) is 67.9 cm³/mol. The Balaban J connectivity index is 1.72. The van der Waals surface area contributed by atoms with E-state index in [0.717, 1.165) is 19.3 Å². The molecule has 2 rings (SSSR count). The van der Waals surface area contributed by atoms with Gasteiger partial charge in [-0.1, -0.05) is 32.6 Å². The van der Waals surface area contributed by atoms with Crippen LogP contribution >= 0.6 is 0 Å². The lowest BCUT2D eigenvalue weighted by molar-refractivity contribution is 0.0408. The van der Waals surface area contributed by atoms with Gasteiger partial charge in [0.2, 0.25) is 0 Å². The molecule has 0 aromatic carbocycles. The number of hydrogen-bond acceptors (Lipinski definition) is 2. The number of ether oxygens (including phenoxy) is 1.